The molecular weight excluding hydrogens is 188 g/mol. The molecule has 1 N–H and O–H groups in total. The minimum absolute atomic E-state index is 0.175. The molecule has 2 rings (SSSR count). The lowest BCUT2D eigenvalue weighted by molar-refractivity contribution is 0.302. The van der Waals surface area contributed by atoms with Gasteiger partial charge in [0.25, 0.3) is 0 Å². The Morgan fingerprint density at radius 2 is 2.33 bits per heavy atom. The van der Waals surface area contributed by atoms with Crippen molar-refractivity contribution < 1.29 is 4.42 Å². The van der Waals surface area contributed by atoms with E-state index in [2.05, 4.69) is 11.4 Å². The van der Waals surface area contributed by atoms with E-state index in [0.717, 1.165) is 25.1 Å². The molecule has 2 unspecified atom stereocenters. The molecule has 1 aromatic heterocycles. The van der Waals surface area contributed by atoms with E-state index in [0.29, 0.717) is 6.04 Å². The lowest BCUT2D eigenvalue weighted by Crippen LogP contribution is -2.37. The van der Waals surface area contributed by atoms with E-state index >= 15 is 0 Å². The molecule has 0 amide bonds. The van der Waals surface area contributed by atoms with Crippen LogP contribution in [0.5, 0.6) is 0 Å². The molecule has 0 bridgehead atoms. The smallest absolute Gasteiger partial charge is 0.117 e. The van der Waals surface area contributed by atoms with E-state index in [4.69, 9.17) is 9.68 Å². The van der Waals surface area contributed by atoms with Crippen LogP contribution in [0.25, 0.3) is 0 Å². The maximum Gasteiger partial charge on any atom is 0.117 e. The highest BCUT2D eigenvalue weighted by Crippen LogP contribution is 2.23. The summed E-state index contributed by atoms with van der Waals surface area (Å²) in [5, 5.41) is 12.4. The summed E-state index contributed by atoms with van der Waals surface area (Å²) in [5.74, 6) is 1.12. The second kappa shape index (κ2) is 4.99. The fourth-order valence-electron chi connectivity index (χ4n) is 2.17. The van der Waals surface area contributed by atoms with Gasteiger partial charge in [0.05, 0.1) is 24.8 Å². The van der Waals surface area contributed by atoms with E-state index in [-0.39, 0.29) is 5.92 Å². The fraction of sp³-hybridized carbons (Fsp3) is 0.583. The van der Waals surface area contributed by atoms with E-state index in [1.165, 1.54) is 12.8 Å². The van der Waals surface area contributed by atoms with Crippen LogP contribution in [0.15, 0.2) is 22.8 Å². The van der Waals surface area contributed by atoms with Crippen LogP contribution in [0, 0.1) is 17.2 Å². The SMILES string of the molecule is N#CC1CCCCC1NCc1ccco1. The summed E-state index contributed by atoms with van der Waals surface area (Å²) in [4.78, 5) is 0. The van der Waals surface area contributed by atoms with Gasteiger partial charge in [-0.2, -0.15) is 5.26 Å². The number of hydrogen-bond acceptors (Lipinski definition) is 3. The Morgan fingerprint density at radius 1 is 1.47 bits per heavy atom. The number of furan rings is 1. The molecule has 3 heteroatoms. The maximum absolute atomic E-state index is 9.01. The van der Waals surface area contributed by atoms with Gasteiger partial charge in [0.2, 0.25) is 0 Å². The molecule has 1 fully saturated rings. The molecule has 3 nitrogen and oxygen atoms in total. The molecule has 1 aliphatic carbocycles. The lowest BCUT2D eigenvalue weighted by Gasteiger charge is -2.27. The Labute approximate surface area is 90.1 Å². The van der Waals surface area contributed by atoms with Crippen molar-refractivity contribution in [1.82, 2.24) is 5.32 Å². The minimum Gasteiger partial charge on any atom is -0.468 e. The van der Waals surface area contributed by atoms with Gasteiger partial charge in [0.15, 0.2) is 0 Å². The molecule has 80 valence electrons. The number of nitrogens with zero attached hydrogens (tertiary/aromatic N) is 1. The van der Waals surface area contributed by atoms with Gasteiger partial charge < -0.3 is 9.73 Å². The third-order valence-electron chi connectivity index (χ3n) is 3.05. The Hall–Kier alpha value is -1.27. The van der Waals surface area contributed by atoms with Crippen molar-refractivity contribution in [2.75, 3.05) is 0 Å². The summed E-state index contributed by atoms with van der Waals surface area (Å²) in [5.41, 5.74) is 0. The van der Waals surface area contributed by atoms with Crippen molar-refractivity contribution in [3.05, 3.63) is 24.2 Å². The predicted octanol–water partition coefficient (Wildman–Crippen LogP) is 2.45. The van der Waals surface area contributed by atoms with Gasteiger partial charge in [-0.25, -0.2) is 0 Å². The summed E-state index contributed by atoms with van der Waals surface area (Å²) >= 11 is 0. The van der Waals surface area contributed by atoms with Crippen LogP contribution >= 0.6 is 0 Å². The number of hydrogen-bond donors (Lipinski definition) is 1. The van der Waals surface area contributed by atoms with Crippen molar-refractivity contribution in [3.8, 4) is 6.07 Å². The van der Waals surface area contributed by atoms with Crippen molar-refractivity contribution in [1.29, 1.82) is 5.26 Å². The van der Waals surface area contributed by atoms with Gasteiger partial charge in [0.1, 0.15) is 5.76 Å². The second-order valence-electron chi connectivity index (χ2n) is 4.09. The highest BCUT2D eigenvalue weighted by atomic mass is 16.3. The number of rotatable bonds is 3. The summed E-state index contributed by atoms with van der Waals surface area (Å²) in [6.45, 7) is 0.732. The third kappa shape index (κ3) is 2.60. The molecule has 0 aromatic carbocycles. The third-order valence-corrected chi connectivity index (χ3v) is 3.05. The lowest BCUT2D eigenvalue weighted by atomic mass is 9.85. The summed E-state index contributed by atoms with van der Waals surface area (Å²) in [6, 6.07) is 6.58. The summed E-state index contributed by atoms with van der Waals surface area (Å²) < 4.78 is 5.25. The minimum atomic E-state index is 0.175. The fourth-order valence-corrected chi connectivity index (χ4v) is 2.17. The van der Waals surface area contributed by atoms with Crippen molar-refractivity contribution in [2.45, 2.75) is 38.3 Å². The average molecular weight is 204 g/mol. The van der Waals surface area contributed by atoms with Crippen molar-refractivity contribution in [3.63, 3.8) is 0 Å². The van der Waals surface area contributed by atoms with Crippen LogP contribution in [0.3, 0.4) is 0 Å². The molecule has 2 atom stereocenters. The second-order valence-corrected chi connectivity index (χ2v) is 4.09. The Bertz CT molecular complexity index is 326. The molecule has 0 saturated heterocycles. The van der Waals surface area contributed by atoms with Crippen molar-refractivity contribution >= 4 is 0 Å². The highest BCUT2D eigenvalue weighted by molar-refractivity contribution is 5.00. The zero-order valence-electron chi connectivity index (χ0n) is 8.78. The molecule has 0 spiro atoms. The van der Waals surface area contributed by atoms with Gasteiger partial charge in [-0.3, -0.25) is 0 Å². The molecule has 1 heterocycles. The van der Waals surface area contributed by atoms with Gasteiger partial charge in [0, 0.05) is 6.04 Å². The quantitative estimate of drug-likeness (QED) is 0.822. The Balaban J connectivity index is 1.85. The van der Waals surface area contributed by atoms with Gasteiger partial charge >= 0.3 is 0 Å². The number of nitriles is 1. The zero-order valence-corrected chi connectivity index (χ0v) is 8.78. The van der Waals surface area contributed by atoms with Gasteiger partial charge in [-0.05, 0) is 25.0 Å². The van der Waals surface area contributed by atoms with E-state index < -0.39 is 0 Å². The van der Waals surface area contributed by atoms with Crippen molar-refractivity contribution in [2.24, 2.45) is 5.92 Å². The van der Waals surface area contributed by atoms with Crippen LogP contribution < -0.4 is 5.32 Å². The molecule has 1 aliphatic rings. The van der Waals surface area contributed by atoms with E-state index in [1.807, 2.05) is 12.1 Å². The van der Waals surface area contributed by atoms with E-state index in [1.54, 1.807) is 6.26 Å². The highest BCUT2D eigenvalue weighted by Gasteiger charge is 2.24. The number of nitrogens with one attached hydrogen (secondary N) is 1. The van der Waals surface area contributed by atoms with Crippen LogP contribution in [0.1, 0.15) is 31.4 Å². The molecular formula is C12H16N2O. The zero-order chi connectivity index (χ0) is 10.5. The molecule has 1 saturated carbocycles. The summed E-state index contributed by atoms with van der Waals surface area (Å²) in [7, 11) is 0. The van der Waals surface area contributed by atoms with Crippen LogP contribution in [0.4, 0.5) is 0 Å². The first-order chi connectivity index (χ1) is 7.40. The van der Waals surface area contributed by atoms with Crippen LogP contribution in [-0.4, -0.2) is 6.04 Å². The first-order valence-corrected chi connectivity index (χ1v) is 5.55. The first-order valence-electron chi connectivity index (χ1n) is 5.55. The Kier molecular flexibility index (Phi) is 3.41. The van der Waals surface area contributed by atoms with Gasteiger partial charge in [-0.1, -0.05) is 12.8 Å². The molecule has 1 aromatic rings. The molecule has 15 heavy (non-hydrogen) atoms. The first kappa shape index (κ1) is 10.3. The monoisotopic (exact) mass is 204 g/mol. The van der Waals surface area contributed by atoms with Crippen LogP contribution in [0.2, 0.25) is 0 Å². The maximum atomic E-state index is 9.01. The van der Waals surface area contributed by atoms with Gasteiger partial charge in [-0.15, -0.1) is 0 Å². The summed E-state index contributed by atoms with van der Waals surface area (Å²) in [6.07, 6.45) is 6.25. The topological polar surface area (TPSA) is 49.0 Å². The van der Waals surface area contributed by atoms with Crippen LogP contribution in [-0.2, 0) is 6.54 Å². The molecule has 0 aliphatic heterocycles. The predicted molar refractivity (Wildman–Crippen MR) is 56.9 cm³/mol. The normalized spacial score (nSPS) is 26.1. The Morgan fingerprint density at radius 3 is 3.07 bits per heavy atom. The standard InChI is InChI=1S/C12H16N2O/c13-8-10-4-1-2-6-12(10)14-9-11-5-3-7-15-11/h3,5,7,10,12,14H,1-2,4,6,9H2. The largest absolute Gasteiger partial charge is 0.468 e. The van der Waals surface area contributed by atoms with E-state index in [9.17, 15) is 0 Å². The molecule has 0 radical (unpaired) electrons. The average Bonchev–Trinajstić information content (AvgIpc) is 2.79.